The fourth-order valence-corrected chi connectivity index (χ4v) is 2.94. The van der Waals surface area contributed by atoms with Crippen molar-refractivity contribution in [2.75, 3.05) is 19.6 Å². The van der Waals surface area contributed by atoms with Gasteiger partial charge in [0, 0.05) is 35.2 Å². The molecule has 6 heteroatoms. The third-order valence-corrected chi connectivity index (χ3v) is 4.57. The van der Waals surface area contributed by atoms with Crippen LogP contribution in [-0.4, -0.2) is 42.0 Å². The molecular weight excluding hydrogens is 370 g/mol. The Hall–Kier alpha value is -1.56. The first-order valence-electron chi connectivity index (χ1n) is 8.35. The lowest BCUT2D eigenvalue weighted by Gasteiger charge is -2.34. The zero-order valence-corrected chi connectivity index (χ0v) is 16.1. The molecule has 2 rings (SSSR count). The summed E-state index contributed by atoms with van der Waals surface area (Å²) in [6.07, 6.45) is 1.83. The first-order valence-corrected chi connectivity index (χ1v) is 9.15. The van der Waals surface area contributed by atoms with Crippen molar-refractivity contribution in [1.82, 2.24) is 15.5 Å². The summed E-state index contributed by atoms with van der Waals surface area (Å²) in [7, 11) is 0. The van der Waals surface area contributed by atoms with Crippen molar-refractivity contribution in [2.45, 2.75) is 39.2 Å². The van der Waals surface area contributed by atoms with Crippen molar-refractivity contribution in [3.63, 3.8) is 0 Å². The number of hydrogen-bond acceptors (Lipinski definition) is 2. The van der Waals surface area contributed by atoms with Gasteiger partial charge in [0.15, 0.2) is 0 Å². The van der Waals surface area contributed by atoms with E-state index in [9.17, 15) is 9.59 Å². The maximum Gasteiger partial charge on any atom is 0.317 e. The Kier molecular flexibility index (Phi) is 6.27. The van der Waals surface area contributed by atoms with Gasteiger partial charge in [-0.05, 0) is 63.8 Å². The smallest absolute Gasteiger partial charge is 0.317 e. The minimum absolute atomic E-state index is 0.000141. The molecule has 5 nitrogen and oxygen atoms in total. The molecule has 0 bridgehead atoms. The summed E-state index contributed by atoms with van der Waals surface area (Å²) in [5, 5.41) is 5.99. The molecule has 0 aliphatic carbocycles. The molecule has 24 heavy (non-hydrogen) atoms. The summed E-state index contributed by atoms with van der Waals surface area (Å²) in [5.41, 5.74) is 0.451. The van der Waals surface area contributed by atoms with Gasteiger partial charge < -0.3 is 15.5 Å². The van der Waals surface area contributed by atoms with Crippen LogP contribution in [0.1, 0.15) is 44.0 Å². The Morgan fingerprint density at radius 1 is 1.17 bits per heavy atom. The van der Waals surface area contributed by atoms with Crippen molar-refractivity contribution in [1.29, 1.82) is 0 Å². The van der Waals surface area contributed by atoms with Crippen LogP contribution in [0, 0.1) is 5.92 Å². The number of rotatable bonds is 3. The van der Waals surface area contributed by atoms with E-state index in [0.717, 1.165) is 30.4 Å². The summed E-state index contributed by atoms with van der Waals surface area (Å²) in [4.78, 5) is 26.1. The number of urea groups is 1. The van der Waals surface area contributed by atoms with Crippen LogP contribution in [0.15, 0.2) is 28.7 Å². The van der Waals surface area contributed by atoms with Gasteiger partial charge in [-0.25, -0.2) is 4.79 Å². The molecule has 1 heterocycles. The quantitative estimate of drug-likeness (QED) is 0.823. The van der Waals surface area contributed by atoms with Crippen molar-refractivity contribution >= 4 is 27.9 Å². The van der Waals surface area contributed by atoms with Gasteiger partial charge in [0.05, 0.1) is 0 Å². The van der Waals surface area contributed by atoms with Crippen LogP contribution in [-0.2, 0) is 0 Å². The maximum atomic E-state index is 12.1. The number of piperidine rings is 1. The lowest BCUT2D eigenvalue weighted by molar-refractivity contribution is 0.0937. The van der Waals surface area contributed by atoms with Gasteiger partial charge in [0.2, 0.25) is 0 Å². The van der Waals surface area contributed by atoms with E-state index in [0.29, 0.717) is 18.0 Å². The summed E-state index contributed by atoms with van der Waals surface area (Å²) in [6, 6.07) is 7.33. The molecule has 0 spiro atoms. The second kappa shape index (κ2) is 8.01. The number of carbonyl (C=O) groups is 2. The molecule has 1 aromatic rings. The van der Waals surface area contributed by atoms with E-state index < -0.39 is 0 Å². The summed E-state index contributed by atoms with van der Waals surface area (Å²) in [5.74, 6) is 0.374. The minimum Gasteiger partial charge on any atom is -0.352 e. The largest absolute Gasteiger partial charge is 0.352 e. The molecule has 1 aromatic carbocycles. The topological polar surface area (TPSA) is 61.4 Å². The number of nitrogens with zero attached hydrogens (tertiary/aromatic N) is 1. The van der Waals surface area contributed by atoms with Crippen LogP contribution in [0.4, 0.5) is 4.79 Å². The van der Waals surface area contributed by atoms with Crippen LogP contribution >= 0.6 is 15.9 Å². The van der Waals surface area contributed by atoms with Gasteiger partial charge in [-0.1, -0.05) is 15.9 Å². The van der Waals surface area contributed by atoms with Crippen molar-refractivity contribution in [3.05, 3.63) is 34.3 Å². The average molecular weight is 396 g/mol. The van der Waals surface area contributed by atoms with E-state index in [2.05, 4.69) is 26.6 Å². The summed E-state index contributed by atoms with van der Waals surface area (Å²) < 4.78 is 0.958. The van der Waals surface area contributed by atoms with Gasteiger partial charge in [-0.15, -0.1) is 0 Å². The standard InChI is InChI=1S/C18H26BrN3O2/c1-18(2,3)21-17(24)22-10-8-13(9-11-22)12-20-16(23)14-4-6-15(19)7-5-14/h4-7,13H,8-12H2,1-3H3,(H,20,23)(H,21,24). The number of amides is 3. The molecular formula is C18H26BrN3O2. The van der Waals surface area contributed by atoms with E-state index in [4.69, 9.17) is 0 Å². The number of benzene rings is 1. The lowest BCUT2D eigenvalue weighted by atomic mass is 9.96. The third kappa shape index (κ3) is 5.82. The third-order valence-electron chi connectivity index (χ3n) is 4.04. The predicted octanol–water partition coefficient (Wildman–Crippen LogP) is 3.40. The van der Waals surface area contributed by atoms with E-state index in [1.807, 2.05) is 37.8 Å². The van der Waals surface area contributed by atoms with Gasteiger partial charge in [-0.3, -0.25) is 4.79 Å². The average Bonchev–Trinajstić information content (AvgIpc) is 2.52. The summed E-state index contributed by atoms with van der Waals surface area (Å²) >= 11 is 3.36. The maximum absolute atomic E-state index is 12.1. The fourth-order valence-electron chi connectivity index (χ4n) is 2.68. The molecule has 0 aromatic heterocycles. The molecule has 132 valence electrons. The molecule has 2 N–H and O–H groups in total. The molecule has 0 radical (unpaired) electrons. The van der Waals surface area contributed by atoms with Crippen LogP contribution in [0.3, 0.4) is 0 Å². The van der Waals surface area contributed by atoms with E-state index in [-0.39, 0.29) is 17.5 Å². The number of likely N-dealkylation sites (tertiary alicyclic amines) is 1. The van der Waals surface area contributed by atoms with E-state index >= 15 is 0 Å². The van der Waals surface area contributed by atoms with Crippen molar-refractivity contribution in [2.24, 2.45) is 5.92 Å². The predicted molar refractivity (Wildman–Crippen MR) is 99.1 cm³/mol. The second-order valence-corrected chi connectivity index (χ2v) is 8.24. The zero-order valence-electron chi connectivity index (χ0n) is 14.6. The highest BCUT2D eigenvalue weighted by atomic mass is 79.9. The highest BCUT2D eigenvalue weighted by Crippen LogP contribution is 2.17. The highest BCUT2D eigenvalue weighted by Gasteiger charge is 2.25. The second-order valence-electron chi connectivity index (χ2n) is 7.33. The van der Waals surface area contributed by atoms with E-state index in [1.54, 1.807) is 12.1 Å². The van der Waals surface area contributed by atoms with Crippen LogP contribution in [0.5, 0.6) is 0 Å². The van der Waals surface area contributed by atoms with Crippen molar-refractivity contribution in [3.8, 4) is 0 Å². The lowest BCUT2D eigenvalue weighted by Crippen LogP contribution is -2.51. The first kappa shape index (κ1) is 18.8. The Balaban J connectivity index is 1.74. The molecule has 0 saturated carbocycles. The van der Waals surface area contributed by atoms with Gasteiger partial charge in [-0.2, -0.15) is 0 Å². The molecule has 1 saturated heterocycles. The Morgan fingerprint density at radius 2 is 1.75 bits per heavy atom. The molecule has 0 unspecified atom stereocenters. The molecule has 1 fully saturated rings. The number of nitrogens with one attached hydrogen (secondary N) is 2. The molecule has 1 aliphatic heterocycles. The number of halogens is 1. The molecule has 0 atom stereocenters. The van der Waals surface area contributed by atoms with Crippen LogP contribution in [0.2, 0.25) is 0 Å². The number of carbonyl (C=O) groups excluding carboxylic acids is 2. The number of hydrogen-bond donors (Lipinski definition) is 2. The van der Waals surface area contributed by atoms with Crippen LogP contribution in [0.25, 0.3) is 0 Å². The van der Waals surface area contributed by atoms with Crippen molar-refractivity contribution < 1.29 is 9.59 Å². The first-order chi connectivity index (χ1) is 11.2. The Morgan fingerprint density at radius 3 is 2.29 bits per heavy atom. The highest BCUT2D eigenvalue weighted by molar-refractivity contribution is 9.10. The van der Waals surface area contributed by atoms with Crippen LogP contribution < -0.4 is 10.6 Å². The van der Waals surface area contributed by atoms with Gasteiger partial charge in [0.25, 0.3) is 5.91 Å². The Labute approximate surface area is 152 Å². The SMILES string of the molecule is CC(C)(C)NC(=O)N1CCC(CNC(=O)c2ccc(Br)cc2)CC1. The van der Waals surface area contributed by atoms with Gasteiger partial charge in [0.1, 0.15) is 0 Å². The van der Waals surface area contributed by atoms with E-state index in [1.165, 1.54) is 0 Å². The minimum atomic E-state index is -0.216. The monoisotopic (exact) mass is 395 g/mol. The normalized spacial score (nSPS) is 15.9. The Bertz CT molecular complexity index is 573. The molecule has 3 amide bonds. The zero-order chi connectivity index (χ0) is 17.7. The fraction of sp³-hybridized carbons (Fsp3) is 0.556. The summed E-state index contributed by atoms with van der Waals surface area (Å²) in [6.45, 7) is 8.07. The van der Waals surface area contributed by atoms with Gasteiger partial charge >= 0.3 is 6.03 Å². The molecule has 1 aliphatic rings.